The van der Waals surface area contributed by atoms with Gasteiger partial charge in [0.1, 0.15) is 6.61 Å². The van der Waals surface area contributed by atoms with Crippen LogP contribution in [0, 0.1) is 0 Å². The zero-order valence-corrected chi connectivity index (χ0v) is 16.7. The van der Waals surface area contributed by atoms with Gasteiger partial charge in [0.25, 0.3) is 0 Å². The summed E-state index contributed by atoms with van der Waals surface area (Å²) >= 11 is 0. The van der Waals surface area contributed by atoms with Crippen LogP contribution in [-0.2, 0) is 6.61 Å². The third kappa shape index (κ3) is 3.12. The van der Waals surface area contributed by atoms with Gasteiger partial charge in [-0.1, -0.05) is 29.4 Å². The molecule has 0 bridgehead atoms. The number of fused-ring (bicyclic) bond motifs is 3. The summed E-state index contributed by atoms with van der Waals surface area (Å²) in [5, 5.41) is 19.2. The van der Waals surface area contributed by atoms with Crippen molar-refractivity contribution in [3.05, 3.63) is 84.9 Å². The molecule has 6 aromatic rings. The standard InChI is InChI=1S/C23H15N7O2/c1-2-9-18-17(8-1)21-26-27-22(19-12-20(32-29-19)15-6-5-10-24-13-15)30(21)28-23(18)31-14-16-7-3-4-11-25-16/h1-13H,14H2. The summed E-state index contributed by atoms with van der Waals surface area (Å²) in [5.41, 5.74) is 2.74. The summed E-state index contributed by atoms with van der Waals surface area (Å²) < 4.78 is 13.2. The lowest BCUT2D eigenvalue weighted by Gasteiger charge is -2.09. The third-order valence-electron chi connectivity index (χ3n) is 5.00. The normalized spacial score (nSPS) is 11.2. The molecular weight excluding hydrogens is 406 g/mol. The predicted octanol–water partition coefficient (Wildman–Crippen LogP) is 3.97. The van der Waals surface area contributed by atoms with Gasteiger partial charge in [0.05, 0.1) is 5.69 Å². The number of hydrogen-bond donors (Lipinski definition) is 0. The number of rotatable bonds is 5. The van der Waals surface area contributed by atoms with Gasteiger partial charge in [-0.25, -0.2) is 0 Å². The fourth-order valence-electron chi connectivity index (χ4n) is 3.47. The van der Waals surface area contributed by atoms with Gasteiger partial charge < -0.3 is 9.26 Å². The van der Waals surface area contributed by atoms with Gasteiger partial charge in [-0.2, -0.15) is 4.52 Å². The molecule has 0 aliphatic heterocycles. The Morgan fingerprint density at radius 1 is 0.906 bits per heavy atom. The number of benzene rings is 1. The summed E-state index contributed by atoms with van der Waals surface area (Å²) in [4.78, 5) is 8.43. The van der Waals surface area contributed by atoms with Crippen LogP contribution in [0.1, 0.15) is 5.69 Å². The molecule has 154 valence electrons. The highest BCUT2D eigenvalue weighted by atomic mass is 16.5. The lowest BCUT2D eigenvalue weighted by Crippen LogP contribution is -2.04. The van der Waals surface area contributed by atoms with Gasteiger partial charge in [0.15, 0.2) is 17.1 Å². The van der Waals surface area contributed by atoms with E-state index in [2.05, 4.69) is 30.4 Å². The summed E-state index contributed by atoms with van der Waals surface area (Å²) in [6.45, 7) is 0.288. The number of hydrogen-bond acceptors (Lipinski definition) is 8. The van der Waals surface area contributed by atoms with E-state index in [1.165, 1.54) is 0 Å². The Labute approximate surface area is 181 Å². The second-order valence-corrected chi connectivity index (χ2v) is 7.04. The van der Waals surface area contributed by atoms with Crippen molar-refractivity contribution in [3.63, 3.8) is 0 Å². The van der Waals surface area contributed by atoms with Crippen molar-refractivity contribution in [1.29, 1.82) is 0 Å². The highest BCUT2D eigenvalue weighted by Gasteiger charge is 2.19. The molecule has 5 aromatic heterocycles. The molecule has 32 heavy (non-hydrogen) atoms. The van der Waals surface area contributed by atoms with Gasteiger partial charge in [-0.3, -0.25) is 9.97 Å². The summed E-state index contributed by atoms with van der Waals surface area (Å²) in [7, 11) is 0. The van der Waals surface area contributed by atoms with Crippen LogP contribution in [0.3, 0.4) is 0 Å². The summed E-state index contributed by atoms with van der Waals surface area (Å²) in [6.07, 6.45) is 5.14. The van der Waals surface area contributed by atoms with E-state index in [-0.39, 0.29) is 6.61 Å². The first-order valence-corrected chi connectivity index (χ1v) is 9.91. The smallest absolute Gasteiger partial charge is 0.240 e. The van der Waals surface area contributed by atoms with Crippen LogP contribution in [0.2, 0.25) is 0 Å². The maximum Gasteiger partial charge on any atom is 0.240 e. The molecule has 0 aliphatic carbocycles. The van der Waals surface area contributed by atoms with Crippen LogP contribution in [0.15, 0.2) is 83.8 Å². The molecule has 0 N–H and O–H groups in total. The molecule has 1 aromatic carbocycles. The number of ether oxygens (including phenoxy) is 1. The molecule has 9 nitrogen and oxygen atoms in total. The number of aromatic nitrogens is 7. The average Bonchev–Trinajstić information content (AvgIpc) is 3.51. The molecular formula is C23H15N7O2. The van der Waals surface area contributed by atoms with Crippen molar-refractivity contribution in [2.24, 2.45) is 0 Å². The van der Waals surface area contributed by atoms with Gasteiger partial charge >= 0.3 is 0 Å². The zero-order chi connectivity index (χ0) is 21.3. The van der Waals surface area contributed by atoms with Gasteiger partial charge in [0, 0.05) is 41.0 Å². The summed E-state index contributed by atoms with van der Waals surface area (Å²) in [6, 6.07) is 19.0. The molecule has 0 amide bonds. The highest BCUT2D eigenvalue weighted by molar-refractivity contribution is 5.97. The molecule has 0 saturated carbocycles. The SMILES string of the molecule is c1ccc(COc2nn3c(-c4cc(-c5cccnc5)on4)nnc3c3ccccc23)nc1. The fourth-order valence-corrected chi connectivity index (χ4v) is 3.47. The Balaban J connectivity index is 1.45. The molecule has 0 radical (unpaired) electrons. The molecule has 0 unspecified atom stereocenters. The van der Waals surface area contributed by atoms with E-state index in [1.807, 2.05) is 54.6 Å². The van der Waals surface area contributed by atoms with E-state index < -0.39 is 0 Å². The van der Waals surface area contributed by atoms with E-state index in [0.717, 1.165) is 22.0 Å². The van der Waals surface area contributed by atoms with E-state index >= 15 is 0 Å². The van der Waals surface area contributed by atoms with E-state index in [0.29, 0.717) is 28.8 Å². The van der Waals surface area contributed by atoms with Crippen LogP contribution in [-0.4, -0.2) is 34.9 Å². The molecule has 5 heterocycles. The van der Waals surface area contributed by atoms with E-state index in [9.17, 15) is 0 Å². The topological polar surface area (TPSA) is 104 Å². The van der Waals surface area contributed by atoms with Crippen molar-refractivity contribution < 1.29 is 9.26 Å². The van der Waals surface area contributed by atoms with Crippen LogP contribution in [0.5, 0.6) is 5.88 Å². The quantitative estimate of drug-likeness (QED) is 0.412. The Bertz CT molecular complexity index is 1530. The molecule has 0 saturated heterocycles. The van der Waals surface area contributed by atoms with E-state index in [4.69, 9.17) is 9.26 Å². The zero-order valence-electron chi connectivity index (χ0n) is 16.7. The first-order chi connectivity index (χ1) is 15.9. The Morgan fingerprint density at radius 2 is 1.81 bits per heavy atom. The van der Waals surface area contributed by atoms with Crippen molar-refractivity contribution in [2.45, 2.75) is 6.61 Å². The van der Waals surface area contributed by atoms with Crippen molar-refractivity contribution in [2.75, 3.05) is 0 Å². The maximum absolute atomic E-state index is 6.05. The predicted molar refractivity (Wildman–Crippen MR) is 116 cm³/mol. The Kier molecular flexibility index (Phi) is 4.28. The molecule has 0 atom stereocenters. The maximum atomic E-state index is 6.05. The first kappa shape index (κ1) is 18.1. The highest BCUT2D eigenvalue weighted by Crippen LogP contribution is 2.30. The number of nitrogens with zero attached hydrogens (tertiary/aromatic N) is 7. The van der Waals surface area contributed by atoms with Gasteiger partial charge in [-0.05, 0) is 30.3 Å². The second kappa shape index (κ2) is 7.55. The third-order valence-corrected chi connectivity index (χ3v) is 5.00. The average molecular weight is 421 g/mol. The van der Waals surface area contributed by atoms with Crippen molar-refractivity contribution in [3.8, 4) is 28.7 Å². The lowest BCUT2D eigenvalue weighted by molar-refractivity contribution is 0.289. The second-order valence-electron chi connectivity index (χ2n) is 7.04. The molecule has 6 rings (SSSR count). The first-order valence-electron chi connectivity index (χ1n) is 9.91. The van der Waals surface area contributed by atoms with Gasteiger partial charge in [-0.15, -0.1) is 15.3 Å². The monoisotopic (exact) mass is 421 g/mol. The fraction of sp³-hybridized carbons (Fsp3) is 0.0435. The summed E-state index contributed by atoms with van der Waals surface area (Å²) in [5.74, 6) is 1.49. The molecule has 0 fully saturated rings. The molecule has 0 aliphatic rings. The minimum absolute atomic E-state index is 0.288. The lowest BCUT2D eigenvalue weighted by atomic mass is 10.2. The minimum Gasteiger partial charge on any atom is -0.470 e. The van der Waals surface area contributed by atoms with E-state index in [1.54, 1.807) is 29.2 Å². The van der Waals surface area contributed by atoms with Crippen molar-refractivity contribution >= 4 is 16.4 Å². The van der Waals surface area contributed by atoms with Crippen molar-refractivity contribution in [1.82, 2.24) is 34.9 Å². The van der Waals surface area contributed by atoms with Crippen LogP contribution >= 0.6 is 0 Å². The van der Waals surface area contributed by atoms with Gasteiger partial charge in [0.2, 0.25) is 11.7 Å². The van der Waals surface area contributed by atoms with Crippen LogP contribution in [0.4, 0.5) is 0 Å². The largest absolute Gasteiger partial charge is 0.470 e. The Hall–Kier alpha value is -4.66. The van der Waals surface area contributed by atoms with Crippen LogP contribution in [0.25, 0.3) is 39.3 Å². The Morgan fingerprint density at radius 3 is 2.66 bits per heavy atom. The number of pyridine rings is 2. The van der Waals surface area contributed by atoms with Crippen LogP contribution < -0.4 is 4.74 Å². The molecule has 0 spiro atoms. The minimum atomic E-state index is 0.288. The molecule has 9 heteroatoms.